The number of hydrogen-bond acceptors (Lipinski definition) is 4. The SMILES string of the molecule is COc1ccc(NC(=O)Nc2cccs2)cc1N1CCCC1=O. The molecule has 1 saturated heterocycles. The lowest BCUT2D eigenvalue weighted by atomic mass is 10.2. The lowest BCUT2D eigenvalue weighted by Gasteiger charge is -2.20. The number of amides is 3. The fraction of sp³-hybridized carbons (Fsp3) is 0.250. The van der Waals surface area contributed by atoms with Gasteiger partial charge in [-0.25, -0.2) is 4.79 Å². The van der Waals surface area contributed by atoms with E-state index >= 15 is 0 Å². The summed E-state index contributed by atoms with van der Waals surface area (Å²) in [6.07, 6.45) is 1.37. The molecule has 7 heteroatoms. The number of thiophene rings is 1. The number of methoxy groups -OCH3 is 1. The predicted molar refractivity (Wildman–Crippen MR) is 91.5 cm³/mol. The zero-order chi connectivity index (χ0) is 16.2. The van der Waals surface area contributed by atoms with Crippen LogP contribution in [0.5, 0.6) is 5.75 Å². The molecule has 120 valence electrons. The number of urea groups is 1. The Morgan fingerprint density at radius 3 is 2.83 bits per heavy atom. The summed E-state index contributed by atoms with van der Waals surface area (Å²) in [5.74, 6) is 0.688. The molecule has 3 amide bonds. The zero-order valence-corrected chi connectivity index (χ0v) is 13.5. The fourth-order valence-corrected chi connectivity index (χ4v) is 3.12. The zero-order valence-electron chi connectivity index (χ0n) is 12.7. The molecule has 1 fully saturated rings. The van der Waals surface area contributed by atoms with Crippen LogP contribution in [0.25, 0.3) is 0 Å². The van der Waals surface area contributed by atoms with Crippen LogP contribution in [-0.2, 0) is 4.79 Å². The van der Waals surface area contributed by atoms with Gasteiger partial charge in [-0.1, -0.05) is 0 Å². The molecule has 0 atom stereocenters. The predicted octanol–water partition coefficient (Wildman–Crippen LogP) is 3.53. The molecule has 0 radical (unpaired) electrons. The molecular formula is C16H17N3O3S. The quantitative estimate of drug-likeness (QED) is 0.900. The third-order valence-corrected chi connectivity index (χ3v) is 4.34. The van der Waals surface area contributed by atoms with Gasteiger partial charge in [-0.15, -0.1) is 11.3 Å². The molecule has 3 rings (SSSR count). The minimum absolute atomic E-state index is 0.0727. The van der Waals surface area contributed by atoms with Crippen molar-refractivity contribution in [2.24, 2.45) is 0 Å². The molecule has 0 bridgehead atoms. The van der Waals surface area contributed by atoms with Crippen molar-refractivity contribution in [3.63, 3.8) is 0 Å². The van der Waals surface area contributed by atoms with Gasteiger partial charge < -0.3 is 15.0 Å². The highest BCUT2D eigenvalue weighted by atomic mass is 32.1. The Kier molecular flexibility index (Phi) is 4.47. The highest BCUT2D eigenvalue weighted by molar-refractivity contribution is 7.14. The highest BCUT2D eigenvalue weighted by Gasteiger charge is 2.24. The van der Waals surface area contributed by atoms with Gasteiger partial charge >= 0.3 is 6.03 Å². The number of benzene rings is 1. The number of nitrogens with zero attached hydrogens (tertiary/aromatic N) is 1. The molecule has 1 aliphatic rings. The standard InChI is InChI=1S/C16H17N3O3S/c1-22-13-7-6-11(10-12(13)19-8-2-5-15(19)20)17-16(21)18-14-4-3-9-23-14/h3-4,6-7,9-10H,2,5,8H2,1H3,(H2,17,18,21). The van der Waals surface area contributed by atoms with E-state index in [9.17, 15) is 9.59 Å². The van der Waals surface area contributed by atoms with Crippen molar-refractivity contribution in [2.75, 3.05) is 29.2 Å². The second-order valence-corrected chi connectivity index (χ2v) is 6.04. The van der Waals surface area contributed by atoms with Crippen LogP contribution in [0.2, 0.25) is 0 Å². The van der Waals surface area contributed by atoms with E-state index in [-0.39, 0.29) is 11.9 Å². The second-order valence-electron chi connectivity index (χ2n) is 5.09. The molecule has 2 N–H and O–H groups in total. The van der Waals surface area contributed by atoms with Crippen LogP contribution in [0.4, 0.5) is 21.2 Å². The van der Waals surface area contributed by atoms with E-state index < -0.39 is 0 Å². The summed E-state index contributed by atoms with van der Waals surface area (Å²) in [6.45, 7) is 0.667. The Bertz CT molecular complexity index is 715. The van der Waals surface area contributed by atoms with E-state index in [0.717, 1.165) is 11.4 Å². The van der Waals surface area contributed by atoms with E-state index in [1.54, 1.807) is 30.2 Å². The van der Waals surface area contributed by atoms with Crippen molar-refractivity contribution in [2.45, 2.75) is 12.8 Å². The Balaban J connectivity index is 1.77. The summed E-state index contributed by atoms with van der Waals surface area (Å²) in [7, 11) is 1.57. The monoisotopic (exact) mass is 331 g/mol. The van der Waals surface area contributed by atoms with Crippen molar-refractivity contribution in [3.8, 4) is 5.75 Å². The van der Waals surface area contributed by atoms with Gasteiger partial charge in [0.25, 0.3) is 0 Å². The topological polar surface area (TPSA) is 70.7 Å². The molecule has 1 aliphatic heterocycles. The first kappa shape index (κ1) is 15.4. The molecule has 0 spiro atoms. The maximum absolute atomic E-state index is 12.0. The van der Waals surface area contributed by atoms with Crippen LogP contribution in [0.3, 0.4) is 0 Å². The summed E-state index contributed by atoms with van der Waals surface area (Å²) >= 11 is 1.45. The first-order valence-corrected chi connectivity index (χ1v) is 8.15. The third kappa shape index (κ3) is 3.45. The van der Waals surface area contributed by atoms with Gasteiger partial charge in [-0.05, 0) is 42.1 Å². The van der Waals surface area contributed by atoms with Gasteiger partial charge in [0.15, 0.2) is 0 Å². The van der Waals surface area contributed by atoms with Gasteiger partial charge in [-0.2, -0.15) is 0 Å². The van der Waals surface area contributed by atoms with Crippen LogP contribution in [0, 0.1) is 0 Å². The lowest BCUT2D eigenvalue weighted by Crippen LogP contribution is -2.25. The average Bonchev–Trinajstić information content (AvgIpc) is 3.18. The van der Waals surface area contributed by atoms with Gasteiger partial charge in [0, 0.05) is 18.7 Å². The molecule has 6 nitrogen and oxygen atoms in total. The summed E-state index contributed by atoms with van der Waals surface area (Å²) in [5, 5.41) is 8.19. The summed E-state index contributed by atoms with van der Waals surface area (Å²) in [6, 6.07) is 8.63. The first-order valence-electron chi connectivity index (χ1n) is 7.27. The largest absolute Gasteiger partial charge is 0.495 e. The van der Waals surface area contributed by atoms with E-state index in [1.807, 2.05) is 17.5 Å². The number of carbonyl (C=O) groups is 2. The Hall–Kier alpha value is -2.54. The third-order valence-electron chi connectivity index (χ3n) is 3.56. The number of nitrogens with one attached hydrogen (secondary N) is 2. The minimum Gasteiger partial charge on any atom is -0.495 e. The van der Waals surface area contributed by atoms with E-state index in [4.69, 9.17) is 4.74 Å². The normalized spacial score (nSPS) is 14.0. The second kappa shape index (κ2) is 6.70. The Labute approximate surface area is 138 Å². The molecule has 23 heavy (non-hydrogen) atoms. The fourth-order valence-electron chi connectivity index (χ4n) is 2.51. The van der Waals surface area contributed by atoms with E-state index in [2.05, 4.69) is 10.6 Å². The number of rotatable bonds is 4. The first-order chi connectivity index (χ1) is 11.2. The summed E-state index contributed by atoms with van der Waals surface area (Å²) in [4.78, 5) is 25.7. The van der Waals surface area contributed by atoms with Crippen molar-refractivity contribution in [1.82, 2.24) is 0 Å². The average molecular weight is 331 g/mol. The molecule has 0 unspecified atom stereocenters. The molecule has 0 saturated carbocycles. The Morgan fingerprint density at radius 2 is 2.17 bits per heavy atom. The molecule has 0 aliphatic carbocycles. The van der Waals surface area contributed by atoms with Crippen LogP contribution in [-0.4, -0.2) is 25.6 Å². The van der Waals surface area contributed by atoms with Gasteiger partial charge in [-0.3, -0.25) is 10.1 Å². The lowest BCUT2D eigenvalue weighted by molar-refractivity contribution is -0.117. The summed E-state index contributed by atoms with van der Waals surface area (Å²) in [5.41, 5.74) is 1.29. The van der Waals surface area contributed by atoms with Crippen LogP contribution in [0.1, 0.15) is 12.8 Å². The van der Waals surface area contributed by atoms with Gasteiger partial charge in [0.2, 0.25) is 5.91 Å². The number of ether oxygens (including phenoxy) is 1. The smallest absolute Gasteiger partial charge is 0.324 e. The van der Waals surface area contributed by atoms with E-state index in [0.29, 0.717) is 30.1 Å². The summed E-state index contributed by atoms with van der Waals surface area (Å²) < 4.78 is 5.33. The molecule has 2 heterocycles. The Morgan fingerprint density at radius 1 is 1.30 bits per heavy atom. The van der Waals surface area contributed by atoms with Crippen LogP contribution in [0.15, 0.2) is 35.7 Å². The molecular weight excluding hydrogens is 314 g/mol. The van der Waals surface area contributed by atoms with Crippen molar-refractivity contribution in [1.29, 1.82) is 0 Å². The maximum Gasteiger partial charge on any atom is 0.324 e. The number of carbonyl (C=O) groups excluding carboxylic acids is 2. The highest BCUT2D eigenvalue weighted by Crippen LogP contribution is 2.34. The van der Waals surface area contributed by atoms with Gasteiger partial charge in [0.1, 0.15) is 5.75 Å². The van der Waals surface area contributed by atoms with Crippen molar-refractivity contribution in [3.05, 3.63) is 35.7 Å². The molecule has 2 aromatic rings. The molecule has 1 aromatic heterocycles. The number of hydrogen-bond donors (Lipinski definition) is 2. The van der Waals surface area contributed by atoms with Crippen molar-refractivity contribution >= 4 is 39.7 Å². The molecule has 1 aromatic carbocycles. The van der Waals surface area contributed by atoms with Gasteiger partial charge in [0.05, 0.1) is 17.8 Å². The number of anilines is 3. The van der Waals surface area contributed by atoms with Crippen molar-refractivity contribution < 1.29 is 14.3 Å². The van der Waals surface area contributed by atoms with Crippen LogP contribution < -0.4 is 20.3 Å². The van der Waals surface area contributed by atoms with E-state index in [1.165, 1.54) is 11.3 Å². The maximum atomic E-state index is 12.0. The minimum atomic E-state index is -0.323. The van der Waals surface area contributed by atoms with Crippen LogP contribution >= 0.6 is 11.3 Å².